The smallest absolute Gasteiger partial charge is 0.270 e. The number of aromatic hydroxyl groups is 5. The van der Waals surface area contributed by atoms with Crippen molar-refractivity contribution in [3.05, 3.63) is 149 Å². The van der Waals surface area contributed by atoms with Crippen LogP contribution in [0.2, 0.25) is 0 Å². The van der Waals surface area contributed by atoms with Gasteiger partial charge >= 0.3 is 0 Å². The molecule has 0 aliphatic heterocycles. The van der Waals surface area contributed by atoms with Crippen LogP contribution in [0.5, 0.6) is 28.7 Å². The Labute approximate surface area is 311 Å². The lowest BCUT2D eigenvalue weighted by molar-refractivity contribution is -0.385. The Morgan fingerprint density at radius 1 is 0.434 bits per heavy atom. The van der Waals surface area contributed by atoms with E-state index in [0.29, 0.717) is 44.5 Å². The van der Waals surface area contributed by atoms with Gasteiger partial charge in [-0.15, -0.1) is 0 Å². The highest BCUT2D eigenvalue weighted by Crippen LogP contribution is 2.42. The largest absolute Gasteiger partial charge is 0.507 e. The zero-order valence-corrected chi connectivity index (χ0v) is 31.8. The van der Waals surface area contributed by atoms with Crippen molar-refractivity contribution in [2.45, 2.75) is 98.3 Å². The average Bonchev–Trinajstić information content (AvgIpc) is 3.05. The predicted octanol–water partition coefficient (Wildman–Crippen LogP) is 9.60. The highest BCUT2D eigenvalue weighted by Gasteiger charge is 2.26. The fourth-order valence-corrected chi connectivity index (χ4v) is 7.48. The monoisotopic (exact) mass is 715 g/mol. The van der Waals surface area contributed by atoms with Gasteiger partial charge in [-0.05, 0) is 80.3 Å². The number of aryl methyl sites for hydroxylation is 2. The molecular weight excluding hydrogens is 666 g/mol. The highest BCUT2D eigenvalue weighted by atomic mass is 16.6. The number of non-ortho nitro benzene ring substituents is 1. The zero-order valence-electron chi connectivity index (χ0n) is 31.8. The van der Waals surface area contributed by atoms with Gasteiger partial charge in [0.15, 0.2) is 0 Å². The van der Waals surface area contributed by atoms with Gasteiger partial charge in [-0.2, -0.15) is 0 Å². The molecule has 0 saturated carbocycles. The van der Waals surface area contributed by atoms with Crippen LogP contribution < -0.4 is 0 Å². The lowest BCUT2D eigenvalue weighted by atomic mass is 9.82. The number of nitrogens with zero attached hydrogens (tertiary/aromatic N) is 1. The molecule has 0 radical (unpaired) electrons. The maximum Gasteiger partial charge on any atom is 0.270 e. The van der Waals surface area contributed by atoms with E-state index < -0.39 is 4.92 Å². The van der Waals surface area contributed by atoms with Crippen molar-refractivity contribution >= 4 is 5.69 Å². The number of fused-ring (bicyclic) bond motifs is 10. The van der Waals surface area contributed by atoms with Crippen LogP contribution >= 0.6 is 0 Å². The van der Waals surface area contributed by atoms with Crippen LogP contribution in [0.15, 0.2) is 60.7 Å². The van der Waals surface area contributed by atoms with E-state index in [0.717, 1.165) is 22.3 Å². The summed E-state index contributed by atoms with van der Waals surface area (Å²) in [5.41, 5.74) is 7.81. The number of phenols is 5. The van der Waals surface area contributed by atoms with Crippen LogP contribution in [-0.2, 0) is 42.9 Å². The lowest BCUT2D eigenvalue weighted by Crippen LogP contribution is -2.13. The molecule has 10 bridgehead atoms. The quantitative estimate of drug-likeness (QED) is 0.0842. The van der Waals surface area contributed by atoms with Gasteiger partial charge in [0.05, 0.1) is 4.92 Å². The molecule has 6 rings (SSSR count). The summed E-state index contributed by atoms with van der Waals surface area (Å²) in [6.07, 6.45) is 0.656. The van der Waals surface area contributed by atoms with Crippen LogP contribution in [0.4, 0.5) is 5.69 Å². The van der Waals surface area contributed by atoms with Gasteiger partial charge in [0, 0.05) is 55.4 Å². The summed E-state index contributed by atoms with van der Waals surface area (Å²) in [6.45, 7) is 16.2. The molecule has 276 valence electrons. The van der Waals surface area contributed by atoms with Crippen molar-refractivity contribution in [1.29, 1.82) is 0 Å². The first-order valence-corrected chi connectivity index (χ1v) is 18.0. The minimum Gasteiger partial charge on any atom is -0.507 e. The molecule has 0 atom stereocenters. The molecule has 0 spiro atoms. The summed E-state index contributed by atoms with van der Waals surface area (Å²) in [5, 5.41) is 71.2. The van der Waals surface area contributed by atoms with Gasteiger partial charge in [-0.1, -0.05) is 101 Å². The highest BCUT2D eigenvalue weighted by molar-refractivity contribution is 5.59. The summed E-state index contributed by atoms with van der Waals surface area (Å²) < 4.78 is 0. The third-order valence-electron chi connectivity index (χ3n) is 10.5. The molecule has 5 aromatic carbocycles. The molecule has 1 aliphatic rings. The van der Waals surface area contributed by atoms with Crippen LogP contribution in [0.25, 0.3) is 0 Å². The SMILES string of the molecule is Cc1cc2c(O)c(c1)Cc1cc(C(C)(C)C)cc(c1O)Cc1cc([N+](=O)[O-])cc(c1O)Cc1cc(C(C)(C)C)cc(c1O)Cc1cc(C)cc(c1O)C2. The van der Waals surface area contributed by atoms with Gasteiger partial charge in [-0.3, -0.25) is 10.1 Å². The van der Waals surface area contributed by atoms with Gasteiger partial charge in [-0.25, -0.2) is 0 Å². The molecule has 0 unspecified atom stereocenters. The van der Waals surface area contributed by atoms with E-state index in [1.807, 2.05) is 62.4 Å². The number of phenolic OH excluding ortho intramolecular Hbond substituents is 5. The first-order chi connectivity index (χ1) is 24.7. The van der Waals surface area contributed by atoms with Crippen LogP contribution in [0.3, 0.4) is 0 Å². The van der Waals surface area contributed by atoms with E-state index >= 15 is 0 Å². The van der Waals surface area contributed by atoms with Gasteiger partial charge in [0.1, 0.15) is 28.7 Å². The second kappa shape index (κ2) is 13.5. The van der Waals surface area contributed by atoms with E-state index in [1.165, 1.54) is 12.1 Å². The van der Waals surface area contributed by atoms with Crippen molar-refractivity contribution < 1.29 is 30.5 Å². The maximum atomic E-state index is 12.3. The standard InChI is InChI=1S/C45H49NO7/c1-24-9-26-13-27-10-25(2)12-29(40(27)48)15-31-19-37(45(6,7)8)21-33(42(31)50)17-35-23-38(46(52)53)22-34(43(35)51)16-32-20-36(44(3,4)5)18-30(41(32)49)14-28(11-24)39(26)47/h9-12,18-23,47-51H,13-17H2,1-8H3. The van der Waals surface area contributed by atoms with Crippen LogP contribution in [0, 0.1) is 24.0 Å². The molecule has 0 amide bonds. The van der Waals surface area contributed by atoms with E-state index in [1.54, 1.807) is 0 Å². The molecule has 0 saturated heterocycles. The molecule has 8 nitrogen and oxygen atoms in total. The Bertz CT molecular complexity index is 2140. The van der Waals surface area contributed by atoms with Crippen LogP contribution in [-0.4, -0.2) is 30.5 Å². The van der Waals surface area contributed by atoms with Gasteiger partial charge in [0.2, 0.25) is 0 Å². The van der Waals surface area contributed by atoms with Crippen molar-refractivity contribution in [2.24, 2.45) is 0 Å². The molecule has 1 aliphatic carbocycles. The second-order valence-electron chi connectivity index (χ2n) is 16.9. The van der Waals surface area contributed by atoms with Crippen molar-refractivity contribution in [3.8, 4) is 28.7 Å². The van der Waals surface area contributed by atoms with E-state index in [2.05, 4.69) is 41.5 Å². The average molecular weight is 716 g/mol. The number of hydrogen-bond donors (Lipinski definition) is 5. The molecule has 0 fully saturated rings. The summed E-state index contributed by atoms with van der Waals surface area (Å²) >= 11 is 0. The fourth-order valence-electron chi connectivity index (χ4n) is 7.48. The summed E-state index contributed by atoms with van der Waals surface area (Å²) in [4.78, 5) is 11.8. The number of rotatable bonds is 1. The molecular formula is C45H49NO7. The summed E-state index contributed by atoms with van der Waals surface area (Å²) in [5.74, 6) is -0.0746. The van der Waals surface area contributed by atoms with E-state index in [4.69, 9.17) is 0 Å². The third-order valence-corrected chi connectivity index (χ3v) is 10.5. The Morgan fingerprint density at radius 3 is 0.849 bits per heavy atom. The van der Waals surface area contributed by atoms with E-state index in [-0.39, 0.29) is 88.5 Å². The topological polar surface area (TPSA) is 144 Å². The number of hydrogen-bond acceptors (Lipinski definition) is 7. The molecule has 0 heterocycles. The van der Waals surface area contributed by atoms with E-state index in [9.17, 15) is 35.6 Å². The normalized spacial score (nSPS) is 13.4. The minimum atomic E-state index is -0.505. The van der Waals surface area contributed by atoms with Gasteiger partial charge in [0.25, 0.3) is 5.69 Å². The Kier molecular flexibility index (Phi) is 9.48. The molecule has 0 aromatic heterocycles. The van der Waals surface area contributed by atoms with Crippen LogP contribution in [0.1, 0.15) is 119 Å². The Hall–Kier alpha value is -5.50. The molecule has 53 heavy (non-hydrogen) atoms. The first kappa shape index (κ1) is 37.3. The molecule has 5 aromatic rings. The van der Waals surface area contributed by atoms with Gasteiger partial charge < -0.3 is 25.5 Å². The van der Waals surface area contributed by atoms with Crippen molar-refractivity contribution in [1.82, 2.24) is 0 Å². The summed E-state index contributed by atoms with van der Waals surface area (Å²) in [6, 6.07) is 17.8. The maximum absolute atomic E-state index is 12.3. The predicted molar refractivity (Wildman–Crippen MR) is 208 cm³/mol. The number of nitro benzene ring substituents is 1. The second-order valence-corrected chi connectivity index (χ2v) is 16.9. The molecule has 5 N–H and O–H groups in total. The number of nitro groups is 1. The van der Waals surface area contributed by atoms with Crippen molar-refractivity contribution in [2.75, 3.05) is 0 Å². The minimum absolute atomic E-state index is 0.000845. The van der Waals surface area contributed by atoms with Crippen molar-refractivity contribution in [3.63, 3.8) is 0 Å². The Morgan fingerprint density at radius 2 is 0.642 bits per heavy atom. The number of benzene rings is 5. The lowest BCUT2D eigenvalue weighted by Gasteiger charge is -2.24. The zero-order chi connectivity index (χ0) is 38.7. The fraction of sp³-hybridized carbons (Fsp3) is 0.333. The Balaban J connectivity index is 1.67. The molecule has 8 heteroatoms. The third kappa shape index (κ3) is 7.54. The first-order valence-electron chi connectivity index (χ1n) is 18.0. The summed E-state index contributed by atoms with van der Waals surface area (Å²) in [7, 11) is 0.